The van der Waals surface area contributed by atoms with Crippen LogP contribution in [0.2, 0.25) is 0 Å². The number of hydrogen-bond acceptors (Lipinski definition) is 4. The number of phenolic OH excluding ortho intramolecular Hbond substituents is 1. The summed E-state index contributed by atoms with van der Waals surface area (Å²) in [6, 6.07) is 13.0. The van der Waals surface area contributed by atoms with Gasteiger partial charge < -0.3 is 9.84 Å². The monoisotopic (exact) mass is 281 g/mol. The Kier molecular flexibility index (Phi) is 3.31. The van der Waals surface area contributed by atoms with Gasteiger partial charge in [-0.15, -0.1) is 0 Å². The number of rotatable bonds is 3. The molecule has 0 aliphatic rings. The molecular weight excluding hydrogens is 266 g/mol. The number of aryl methyl sites for hydroxylation is 1. The van der Waals surface area contributed by atoms with Gasteiger partial charge in [0.05, 0.1) is 7.11 Å². The summed E-state index contributed by atoms with van der Waals surface area (Å²) >= 11 is 0. The Bertz CT molecular complexity index is 781. The molecule has 0 saturated carbocycles. The lowest BCUT2D eigenvalue weighted by Crippen LogP contribution is -1.87. The highest BCUT2D eigenvalue weighted by atomic mass is 16.5. The van der Waals surface area contributed by atoms with E-state index in [1.807, 2.05) is 31.2 Å². The van der Waals surface area contributed by atoms with Crippen LogP contribution in [0.5, 0.6) is 11.5 Å². The zero-order valence-electron chi connectivity index (χ0n) is 11.8. The van der Waals surface area contributed by atoms with E-state index >= 15 is 0 Å². The summed E-state index contributed by atoms with van der Waals surface area (Å²) in [5.74, 6) is 1.77. The van der Waals surface area contributed by atoms with Crippen LogP contribution >= 0.6 is 0 Å². The fraction of sp³-hybridized carbons (Fsp3) is 0.125. The number of nitrogens with zero attached hydrogens (tertiary/aromatic N) is 2. The Morgan fingerprint density at radius 3 is 2.71 bits per heavy atom. The first kappa shape index (κ1) is 13.2. The van der Waals surface area contributed by atoms with E-state index < -0.39 is 0 Å². The molecule has 5 heteroatoms. The molecular formula is C16H15N3O2. The number of ether oxygens (including phenoxy) is 1. The molecule has 0 aliphatic carbocycles. The van der Waals surface area contributed by atoms with E-state index in [9.17, 15) is 5.11 Å². The molecule has 3 aromatic rings. The predicted octanol–water partition coefficient (Wildman–Crippen LogP) is 3.16. The molecule has 0 atom stereocenters. The number of nitrogens with one attached hydrogen (secondary N) is 1. The van der Waals surface area contributed by atoms with E-state index in [0.29, 0.717) is 11.6 Å². The molecule has 3 rings (SSSR count). The van der Waals surface area contributed by atoms with E-state index in [0.717, 1.165) is 22.5 Å². The van der Waals surface area contributed by atoms with Crippen molar-refractivity contribution in [2.75, 3.05) is 7.11 Å². The summed E-state index contributed by atoms with van der Waals surface area (Å²) in [6.45, 7) is 2.03. The minimum atomic E-state index is 0.0934. The van der Waals surface area contributed by atoms with Crippen LogP contribution in [-0.2, 0) is 0 Å². The van der Waals surface area contributed by atoms with Gasteiger partial charge in [0.2, 0.25) is 0 Å². The number of H-pyrrole nitrogens is 1. The fourth-order valence-corrected chi connectivity index (χ4v) is 2.17. The topological polar surface area (TPSA) is 71.0 Å². The average molecular weight is 281 g/mol. The number of methoxy groups -OCH3 is 1. The van der Waals surface area contributed by atoms with E-state index in [4.69, 9.17) is 4.74 Å². The maximum Gasteiger partial charge on any atom is 0.181 e. The zero-order chi connectivity index (χ0) is 14.8. The number of aromatic nitrogens is 3. The van der Waals surface area contributed by atoms with Crippen LogP contribution in [0, 0.1) is 6.92 Å². The van der Waals surface area contributed by atoms with Crippen molar-refractivity contribution in [1.29, 1.82) is 0 Å². The van der Waals surface area contributed by atoms with E-state index in [1.54, 1.807) is 18.2 Å². The third-order valence-electron chi connectivity index (χ3n) is 3.32. The normalized spacial score (nSPS) is 10.6. The van der Waals surface area contributed by atoms with Gasteiger partial charge in [0.1, 0.15) is 0 Å². The van der Waals surface area contributed by atoms with Gasteiger partial charge in [0.25, 0.3) is 0 Å². The van der Waals surface area contributed by atoms with Crippen LogP contribution in [-0.4, -0.2) is 27.4 Å². The van der Waals surface area contributed by atoms with Gasteiger partial charge in [-0.25, -0.2) is 4.98 Å². The average Bonchev–Trinajstić information content (AvgIpc) is 2.98. The van der Waals surface area contributed by atoms with Crippen molar-refractivity contribution in [3.05, 3.63) is 48.0 Å². The molecule has 0 radical (unpaired) electrons. The Labute approximate surface area is 122 Å². The van der Waals surface area contributed by atoms with Gasteiger partial charge in [-0.05, 0) is 30.7 Å². The quantitative estimate of drug-likeness (QED) is 0.773. The summed E-state index contributed by atoms with van der Waals surface area (Å²) in [6.07, 6.45) is 0. The van der Waals surface area contributed by atoms with Crippen molar-refractivity contribution < 1.29 is 9.84 Å². The maximum absolute atomic E-state index is 9.63. The smallest absolute Gasteiger partial charge is 0.181 e. The van der Waals surface area contributed by atoms with Gasteiger partial charge in [0.15, 0.2) is 23.1 Å². The number of aromatic hydroxyl groups is 1. The van der Waals surface area contributed by atoms with Crippen LogP contribution in [0.15, 0.2) is 42.5 Å². The van der Waals surface area contributed by atoms with Gasteiger partial charge in [-0.2, -0.15) is 5.10 Å². The Balaban J connectivity index is 2.01. The van der Waals surface area contributed by atoms with Gasteiger partial charge in [-0.1, -0.05) is 24.3 Å². The van der Waals surface area contributed by atoms with E-state index in [2.05, 4.69) is 15.2 Å². The number of benzene rings is 2. The molecule has 1 aromatic heterocycles. The predicted molar refractivity (Wildman–Crippen MR) is 80.2 cm³/mol. The Morgan fingerprint density at radius 1 is 1.14 bits per heavy atom. The second-order valence-corrected chi connectivity index (χ2v) is 4.71. The van der Waals surface area contributed by atoms with Crippen LogP contribution < -0.4 is 4.74 Å². The minimum Gasteiger partial charge on any atom is -0.504 e. The lowest BCUT2D eigenvalue weighted by Gasteiger charge is -2.04. The summed E-state index contributed by atoms with van der Waals surface area (Å²) < 4.78 is 5.10. The largest absolute Gasteiger partial charge is 0.504 e. The summed E-state index contributed by atoms with van der Waals surface area (Å²) in [4.78, 5) is 4.51. The molecule has 0 unspecified atom stereocenters. The standard InChI is InChI=1S/C16H15N3O2/c1-10-5-3-4-6-12(10)16-17-15(18-19-16)11-7-8-13(20)14(9-11)21-2/h3-9,20H,1-2H3,(H,17,18,19). The maximum atomic E-state index is 9.63. The molecule has 0 spiro atoms. The van der Waals surface area contributed by atoms with E-state index in [1.165, 1.54) is 7.11 Å². The van der Waals surface area contributed by atoms with Crippen LogP contribution in [0.4, 0.5) is 0 Å². The molecule has 0 saturated heterocycles. The Morgan fingerprint density at radius 2 is 1.95 bits per heavy atom. The molecule has 2 aromatic carbocycles. The first-order valence-electron chi connectivity index (χ1n) is 6.55. The highest BCUT2D eigenvalue weighted by Gasteiger charge is 2.11. The number of phenols is 1. The first-order chi connectivity index (χ1) is 10.2. The molecule has 0 bridgehead atoms. The lowest BCUT2D eigenvalue weighted by molar-refractivity contribution is 0.373. The number of hydrogen-bond donors (Lipinski definition) is 2. The first-order valence-corrected chi connectivity index (χ1v) is 6.55. The Hall–Kier alpha value is -2.82. The summed E-state index contributed by atoms with van der Waals surface area (Å²) in [5, 5.41) is 16.8. The second kappa shape index (κ2) is 5.28. The van der Waals surface area contributed by atoms with Crippen molar-refractivity contribution in [1.82, 2.24) is 15.2 Å². The SMILES string of the molecule is COc1cc(-c2n[nH]c(-c3ccccc3C)n2)ccc1O. The molecule has 0 amide bonds. The van der Waals surface area contributed by atoms with Gasteiger partial charge in [-0.3, -0.25) is 5.10 Å². The highest BCUT2D eigenvalue weighted by molar-refractivity contribution is 5.65. The molecule has 106 valence electrons. The van der Waals surface area contributed by atoms with Crippen LogP contribution in [0.25, 0.3) is 22.8 Å². The third-order valence-corrected chi connectivity index (χ3v) is 3.32. The molecule has 2 N–H and O–H groups in total. The van der Waals surface area contributed by atoms with E-state index in [-0.39, 0.29) is 5.75 Å². The van der Waals surface area contributed by atoms with Crippen LogP contribution in [0.3, 0.4) is 0 Å². The molecule has 5 nitrogen and oxygen atoms in total. The van der Waals surface area contributed by atoms with Crippen LogP contribution in [0.1, 0.15) is 5.56 Å². The van der Waals surface area contributed by atoms with Crippen molar-refractivity contribution in [2.24, 2.45) is 0 Å². The lowest BCUT2D eigenvalue weighted by atomic mass is 10.1. The summed E-state index contributed by atoms with van der Waals surface area (Å²) in [7, 11) is 1.51. The van der Waals surface area contributed by atoms with Crippen molar-refractivity contribution in [2.45, 2.75) is 6.92 Å². The van der Waals surface area contributed by atoms with Crippen molar-refractivity contribution >= 4 is 0 Å². The van der Waals surface area contributed by atoms with Crippen molar-refractivity contribution in [3.8, 4) is 34.3 Å². The number of aromatic amines is 1. The highest BCUT2D eigenvalue weighted by Crippen LogP contribution is 2.30. The van der Waals surface area contributed by atoms with Gasteiger partial charge >= 0.3 is 0 Å². The molecule has 0 fully saturated rings. The molecule has 1 heterocycles. The third kappa shape index (κ3) is 2.45. The zero-order valence-corrected chi connectivity index (χ0v) is 11.8. The molecule has 0 aliphatic heterocycles. The minimum absolute atomic E-state index is 0.0934. The fourth-order valence-electron chi connectivity index (χ4n) is 2.17. The van der Waals surface area contributed by atoms with Crippen molar-refractivity contribution in [3.63, 3.8) is 0 Å². The summed E-state index contributed by atoms with van der Waals surface area (Å²) in [5.41, 5.74) is 2.92. The molecule has 21 heavy (non-hydrogen) atoms. The van der Waals surface area contributed by atoms with Gasteiger partial charge in [0, 0.05) is 11.1 Å². The second-order valence-electron chi connectivity index (χ2n) is 4.71.